The van der Waals surface area contributed by atoms with Crippen molar-refractivity contribution < 1.29 is 14.6 Å². The largest absolute Gasteiger partial charge is 0.496 e. The summed E-state index contributed by atoms with van der Waals surface area (Å²) in [7, 11) is 1.60. The van der Waals surface area contributed by atoms with Gasteiger partial charge in [-0.15, -0.1) is 0 Å². The first-order valence-corrected chi connectivity index (χ1v) is 4.34. The van der Waals surface area contributed by atoms with Crippen molar-refractivity contribution in [2.75, 3.05) is 12.4 Å². The number of methoxy groups -OCH3 is 1. The molecule has 1 aromatic rings. The third-order valence-corrected chi connectivity index (χ3v) is 1.91. The van der Waals surface area contributed by atoms with E-state index in [-0.39, 0.29) is 0 Å². The van der Waals surface area contributed by atoms with Crippen LogP contribution in [0.1, 0.15) is 12.5 Å². The molecule has 0 radical (unpaired) electrons. The van der Waals surface area contributed by atoms with Gasteiger partial charge < -0.3 is 9.84 Å². The van der Waals surface area contributed by atoms with Crippen LogP contribution in [0.25, 0.3) is 0 Å². The molecule has 1 aromatic carbocycles. The lowest BCUT2D eigenvalue weighted by molar-refractivity contribution is 0.209. The van der Waals surface area contributed by atoms with Gasteiger partial charge in [-0.25, -0.2) is 4.79 Å². The molecule has 0 unspecified atom stereocenters. The van der Waals surface area contributed by atoms with E-state index in [1.165, 1.54) is 0 Å². The number of carbonyl (C=O) groups is 1. The van der Waals surface area contributed by atoms with E-state index in [0.717, 1.165) is 17.7 Å². The molecule has 2 N–H and O–H groups in total. The van der Waals surface area contributed by atoms with E-state index in [9.17, 15) is 4.79 Å². The normalized spacial score (nSPS) is 9.57. The number of aryl methyl sites for hydroxylation is 1. The van der Waals surface area contributed by atoms with Crippen molar-refractivity contribution in [2.45, 2.75) is 13.3 Å². The van der Waals surface area contributed by atoms with Crippen molar-refractivity contribution in [3.8, 4) is 5.75 Å². The topological polar surface area (TPSA) is 58.6 Å². The molecule has 4 nitrogen and oxygen atoms in total. The summed E-state index contributed by atoms with van der Waals surface area (Å²) in [5, 5.41) is 10.8. The highest BCUT2D eigenvalue weighted by molar-refractivity contribution is 5.83. The van der Waals surface area contributed by atoms with Crippen molar-refractivity contribution in [1.82, 2.24) is 0 Å². The molecule has 0 aliphatic heterocycles. The maximum Gasteiger partial charge on any atom is 0.409 e. The van der Waals surface area contributed by atoms with Crippen LogP contribution in [-0.4, -0.2) is 18.3 Å². The quantitative estimate of drug-likeness (QED) is 0.778. The first-order chi connectivity index (χ1) is 6.67. The van der Waals surface area contributed by atoms with Crippen LogP contribution >= 0.6 is 0 Å². The molecule has 1 amide bonds. The zero-order chi connectivity index (χ0) is 10.6. The van der Waals surface area contributed by atoms with Gasteiger partial charge in [0.05, 0.1) is 7.11 Å². The van der Waals surface area contributed by atoms with Crippen molar-refractivity contribution in [1.29, 1.82) is 0 Å². The van der Waals surface area contributed by atoms with Crippen molar-refractivity contribution in [3.05, 3.63) is 23.8 Å². The monoisotopic (exact) mass is 195 g/mol. The lowest BCUT2D eigenvalue weighted by Crippen LogP contribution is -2.07. The predicted octanol–water partition coefficient (Wildman–Crippen LogP) is 2.35. The lowest BCUT2D eigenvalue weighted by atomic mass is 10.1. The van der Waals surface area contributed by atoms with Crippen LogP contribution < -0.4 is 10.1 Å². The Kier molecular flexibility index (Phi) is 3.34. The van der Waals surface area contributed by atoms with Gasteiger partial charge in [-0.05, 0) is 30.2 Å². The molecule has 0 bridgehead atoms. The molecule has 76 valence electrons. The van der Waals surface area contributed by atoms with Crippen LogP contribution in [0.3, 0.4) is 0 Å². The van der Waals surface area contributed by atoms with Crippen LogP contribution in [0.4, 0.5) is 10.5 Å². The van der Waals surface area contributed by atoms with E-state index < -0.39 is 6.09 Å². The Morgan fingerprint density at radius 1 is 1.57 bits per heavy atom. The number of benzene rings is 1. The van der Waals surface area contributed by atoms with Crippen LogP contribution in [0.5, 0.6) is 5.75 Å². The van der Waals surface area contributed by atoms with Crippen molar-refractivity contribution in [2.24, 2.45) is 0 Å². The molecule has 0 saturated heterocycles. The number of carboxylic acid groups (broad SMARTS) is 1. The number of hydrogen-bond donors (Lipinski definition) is 2. The minimum absolute atomic E-state index is 0.565. The fourth-order valence-electron chi connectivity index (χ4n) is 1.26. The standard InChI is InChI=1S/C10H13NO3/c1-3-7-6-8(11-10(12)13)4-5-9(7)14-2/h4-6,11H,3H2,1-2H3,(H,12,13). The summed E-state index contributed by atoms with van der Waals surface area (Å²) in [6.45, 7) is 1.99. The molecule has 1 rings (SSSR count). The van der Waals surface area contributed by atoms with Gasteiger partial charge in [0.25, 0.3) is 0 Å². The van der Waals surface area contributed by atoms with Crippen molar-refractivity contribution >= 4 is 11.8 Å². The van der Waals surface area contributed by atoms with E-state index in [2.05, 4.69) is 5.32 Å². The summed E-state index contributed by atoms with van der Waals surface area (Å²) >= 11 is 0. The second-order valence-electron chi connectivity index (χ2n) is 2.81. The van der Waals surface area contributed by atoms with E-state index in [0.29, 0.717) is 5.69 Å². The number of anilines is 1. The van der Waals surface area contributed by atoms with E-state index >= 15 is 0 Å². The minimum atomic E-state index is -1.06. The van der Waals surface area contributed by atoms with E-state index in [1.807, 2.05) is 6.92 Å². The van der Waals surface area contributed by atoms with Gasteiger partial charge in [0.15, 0.2) is 0 Å². The highest BCUT2D eigenvalue weighted by atomic mass is 16.5. The third kappa shape index (κ3) is 2.39. The fourth-order valence-corrected chi connectivity index (χ4v) is 1.26. The summed E-state index contributed by atoms with van der Waals surface area (Å²) in [4.78, 5) is 10.4. The molecule has 0 aromatic heterocycles. The summed E-state index contributed by atoms with van der Waals surface area (Å²) in [5.74, 6) is 0.781. The molecule has 0 fully saturated rings. The van der Waals surface area contributed by atoms with E-state index in [1.54, 1.807) is 25.3 Å². The molecule has 0 aliphatic carbocycles. The van der Waals surface area contributed by atoms with Crippen LogP contribution in [0.2, 0.25) is 0 Å². The highest BCUT2D eigenvalue weighted by Gasteiger charge is 2.03. The summed E-state index contributed by atoms with van der Waals surface area (Å²) in [5.41, 5.74) is 1.55. The molecule has 0 heterocycles. The second-order valence-corrected chi connectivity index (χ2v) is 2.81. The van der Waals surface area contributed by atoms with Gasteiger partial charge in [0.1, 0.15) is 5.75 Å². The maximum atomic E-state index is 10.4. The van der Waals surface area contributed by atoms with Gasteiger partial charge in [0, 0.05) is 5.69 Å². The van der Waals surface area contributed by atoms with Gasteiger partial charge in [-0.2, -0.15) is 0 Å². The Balaban J connectivity index is 2.95. The number of ether oxygens (including phenoxy) is 1. The van der Waals surface area contributed by atoms with Crippen LogP contribution in [0.15, 0.2) is 18.2 Å². The zero-order valence-corrected chi connectivity index (χ0v) is 8.20. The molecular weight excluding hydrogens is 182 g/mol. The Labute approximate surface area is 82.5 Å². The molecule has 0 aliphatic rings. The Morgan fingerprint density at radius 2 is 2.29 bits per heavy atom. The van der Waals surface area contributed by atoms with E-state index in [4.69, 9.17) is 9.84 Å². The first-order valence-electron chi connectivity index (χ1n) is 4.34. The number of hydrogen-bond acceptors (Lipinski definition) is 2. The molecule has 4 heteroatoms. The molecular formula is C10H13NO3. The number of nitrogens with one attached hydrogen (secondary N) is 1. The molecule has 14 heavy (non-hydrogen) atoms. The van der Waals surface area contributed by atoms with Gasteiger partial charge in [0.2, 0.25) is 0 Å². The van der Waals surface area contributed by atoms with Gasteiger partial charge >= 0.3 is 6.09 Å². The average molecular weight is 195 g/mol. The second kappa shape index (κ2) is 4.50. The maximum absolute atomic E-state index is 10.4. The smallest absolute Gasteiger partial charge is 0.409 e. The fraction of sp³-hybridized carbons (Fsp3) is 0.300. The summed E-state index contributed by atoms with van der Waals surface area (Å²) in [6.07, 6.45) is -0.254. The third-order valence-electron chi connectivity index (χ3n) is 1.91. The van der Waals surface area contributed by atoms with Crippen LogP contribution in [0, 0.1) is 0 Å². The highest BCUT2D eigenvalue weighted by Crippen LogP contribution is 2.22. The average Bonchev–Trinajstić information content (AvgIpc) is 2.16. The Morgan fingerprint density at radius 3 is 2.79 bits per heavy atom. The SMILES string of the molecule is CCc1cc(NC(=O)O)ccc1OC. The Bertz CT molecular complexity index is 336. The number of amides is 1. The van der Waals surface area contributed by atoms with Gasteiger partial charge in [-0.3, -0.25) is 5.32 Å². The predicted molar refractivity (Wildman–Crippen MR) is 54.0 cm³/mol. The van der Waals surface area contributed by atoms with Gasteiger partial charge in [-0.1, -0.05) is 6.92 Å². The van der Waals surface area contributed by atoms with Crippen LogP contribution in [-0.2, 0) is 6.42 Å². The minimum Gasteiger partial charge on any atom is -0.496 e. The molecule has 0 spiro atoms. The number of rotatable bonds is 3. The Hall–Kier alpha value is -1.71. The van der Waals surface area contributed by atoms with Crippen molar-refractivity contribution in [3.63, 3.8) is 0 Å². The first kappa shape index (κ1) is 10.4. The summed E-state index contributed by atoms with van der Waals surface area (Å²) < 4.78 is 5.12. The zero-order valence-electron chi connectivity index (χ0n) is 8.20. The molecule has 0 saturated carbocycles. The molecule has 0 atom stereocenters. The lowest BCUT2D eigenvalue weighted by Gasteiger charge is -2.08. The summed E-state index contributed by atoms with van der Waals surface area (Å²) in [6, 6.07) is 5.20.